The Hall–Kier alpha value is -3.90. The van der Waals surface area contributed by atoms with E-state index < -0.39 is 23.8 Å². The van der Waals surface area contributed by atoms with Crippen molar-refractivity contribution in [1.82, 2.24) is 19.4 Å². The molecule has 0 atom stereocenters. The van der Waals surface area contributed by atoms with Gasteiger partial charge in [-0.15, -0.1) is 0 Å². The van der Waals surface area contributed by atoms with Gasteiger partial charge in [0, 0.05) is 24.0 Å². The van der Waals surface area contributed by atoms with Crippen LogP contribution in [0.1, 0.15) is 12.5 Å². The van der Waals surface area contributed by atoms with E-state index in [2.05, 4.69) is 20.0 Å². The normalized spacial score (nSPS) is 10.8. The van der Waals surface area contributed by atoms with E-state index in [0.717, 1.165) is 22.1 Å². The first kappa shape index (κ1) is 25.7. The van der Waals surface area contributed by atoms with Crippen molar-refractivity contribution >= 4 is 52.5 Å². The lowest BCUT2D eigenvalue weighted by molar-refractivity contribution is -0.121. The van der Waals surface area contributed by atoms with Crippen LogP contribution in [0.5, 0.6) is 5.75 Å². The molecule has 1 heterocycles. The number of benzene rings is 2. The highest BCUT2D eigenvalue weighted by molar-refractivity contribution is 8.12. The standard InChI is InChI=1S/C22H22ClN7O4S/c1-3-26-35-19(24)34-17-10-8-16(9-11-17)27-20-28-21(32)30(13-18(31)25-2)22(33)29(20)12-14-4-6-15(23)7-5-14/h3-11,24H,12-13H2,1-2H3,(H,25,31)(H,27,28,32). The van der Waals surface area contributed by atoms with Crippen LogP contribution in [0.3, 0.4) is 0 Å². The van der Waals surface area contributed by atoms with E-state index in [1.807, 2.05) is 0 Å². The molecule has 2 aromatic carbocycles. The Balaban J connectivity index is 1.93. The molecule has 13 heteroatoms. The number of hydrogen-bond acceptors (Lipinski definition) is 9. The Morgan fingerprint density at radius 2 is 1.86 bits per heavy atom. The van der Waals surface area contributed by atoms with Gasteiger partial charge in [-0.05, 0) is 48.9 Å². The van der Waals surface area contributed by atoms with Crippen molar-refractivity contribution in [3.8, 4) is 5.75 Å². The van der Waals surface area contributed by atoms with Crippen LogP contribution in [-0.2, 0) is 17.9 Å². The lowest BCUT2D eigenvalue weighted by atomic mass is 10.2. The summed E-state index contributed by atoms with van der Waals surface area (Å²) in [6, 6.07) is 13.4. The third-order valence-electron chi connectivity index (χ3n) is 4.55. The minimum atomic E-state index is -0.865. The van der Waals surface area contributed by atoms with Crippen LogP contribution in [0.15, 0.2) is 62.5 Å². The predicted molar refractivity (Wildman–Crippen MR) is 137 cm³/mol. The summed E-state index contributed by atoms with van der Waals surface area (Å²) in [5.74, 6) is -0.0992. The molecule has 182 valence electrons. The van der Waals surface area contributed by atoms with Crippen molar-refractivity contribution in [2.75, 3.05) is 12.4 Å². The van der Waals surface area contributed by atoms with Gasteiger partial charge in [0.05, 0.1) is 18.5 Å². The molecule has 0 aliphatic rings. The molecule has 3 N–H and O–H groups in total. The van der Waals surface area contributed by atoms with Gasteiger partial charge in [-0.2, -0.15) is 4.98 Å². The monoisotopic (exact) mass is 515 g/mol. The number of rotatable bonds is 8. The number of aromatic nitrogens is 3. The Labute approximate surface area is 209 Å². The fraction of sp³-hybridized carbons (Fsp3) is 0.182. The molecule has 0 bridgehead atoms. The molecular weight excluding hydrogens is 494 g/mol. The number of hydrogen-bond donors (Lipinski definition) is 3. The maximum absolute atomic E-state index is 13.2. The molecule has 0 aliphatic heterocycles. The van der Waals surface area contributed by atoms with Gasteiger partial charge in [-0.1, -0.05) is 23.7 Å². The largest absolute Gasteiger partial charge is 0.433 e. The van der Waals surface area contributed by atoms with E-state index in [-0.39, 0.29) is 17.7 Å². The number of nitrogens with one attached hydrogen (secondary N) is 3. The highest BCUT2D eigenvalue weighted by atomic mass is 35.5. The highest BCUT2D eigenvalue weighted by Gasteiger charge is 2.16. The Morgan fingerprint density at radius 1 is 1.17 bits per heavy atom. The maximum Gasteiger partial charge on any atom is 0.355 e. The van der Waals surface area contributed by atoms with E-state index in [1.54, 1.807) is 61.7 Å². The van der Waals surface area contributed by atoms with Crippen molar-refractivity contribution in [1.29, 1.82) is 5.41 Å². The average molecular weight is 516 g/mol. The first-order chi connectivity index (χ1) is 16.8. The molecule has 3 rings (SSSR count). The molecular formula is C22H22ClN7O4S. The van der Waals surface area contributed by atoms with Crippen molar-refractivity contribution in [2.24, 2.45) is 4.40 Å². The van der Waals surface area contributed by atoms with Crippen LogP contribution < -0.4 is 26.7 Å². The molecule has 0 radical (unpaired) electrons. The second-order valence-corrected chi connectivity index (χ2v) is 8.17. The third-order valence-corrected chi connectivity index (χ3v) is 5.36. The topological polar surface area (TPSA) is 143 Å². The van der Waals surface area contributed by atoms with Crippen LogP contribution in [0.25, 0.3) is 0 Å². The fourth-order valence-electron chi connectivity index (χ4n) is 2.86. The Kier molecular flexibility index (Phi) is 8.81. The highest BCUT2D eigenvalue weighted by Crippen LogP contribution is 2.20. The smallest absolute Gasteiger partial charge is 0.355 e. The van der Waals surface area contributed by atoms with Crippen molar-refractivity contribution in [3.05, 3.63) is 80.1 Å². The molecule has 0 fully saturated rings. The van der Waals surface area contributed by atoms with Crippen molar-refractivity contribution < 1.29 is 9.53 Å². The summed E-state index contributed by atoms with van der Waals surface area (Å²) in [6.07, 6.45) is 1.55. The molecule has 0 aliphatic carbocycles. The van der Waals surface area contributed by atoms with Gasteiger partial charge >= 0.3 is 11.4 Å². The van der Waals surface area contributed by atoms with Crippen LogP contribution in [-0.4, -0.2) is 38.5 Å². The number of halogens is 1. The number of nitrogens with zero attached hydrogens (tertiary/aromatic N) is 4. The quantitative estimate of drug-likeness (QED) is 0.237. The summed E-state index contributed by atoms with van der Waals surface area (Å²) in [4.78, 5) is 41.6. The molecule has 35 heavy (non-hydrogen) atoms. The zero-order valence-corrected chi connectivity index (χ0v) is 20.4. The zero-order chi connectivity index (χ0) is 25.4. The van der Waals surface area contributed by atoms with Crippen LogP contribution in [0.2, 0.25) is 5.02 Å². The minimum absolute atomic E-state index is 0.00245. The van der Waals surface area contributed by atoms with Gasteiger partial charge in [0.2, 0.25) is 11.9 Å². The summed E-state index contributed by atoms with van der Waals surface area (Å²) in [6.45, 7) is 1.35. The summed E-state index contributed by atoms with van der Waals surface area (Å²) in [5.41, 5.74) is -0.312. The van der Waals surface area contributed by atoms with E-state index in [4.69, 9.17) is 21.7 Å². The molecule has 1 aromatic heterocycles. The molecule has 1 amide bonds. The Bertz CT molecular complexity index is 1350. The molecule has 3 aromatic rings. The van der Waals surface area contributed by atoms with Crippen molar-refractivity contribution in [3.63, 3.8) is 0 Å². The van der Waals surface area contributed by atoms with Crippen LogP contribution in [0.4, 0.5) is 11.6 Å². The maximum atomic E-state index is 13.2. The summed E-state index contributed by atoms with van der Waals surface area (Å²) in [7, 11) is 1.41. The number of carbonyl (C=O) groups is 1. The number of anilines is 2. The van der Waals surface area contributed by atoms with Crippen LogP contribution >= 0.6 is 23.5 Å². The lowest BCUT2D eigenvalue weighted by Gasteiger charge is -2.16. The van der Waals surface area contributed by atoms with Gasteiger partial charge in [0.15, 0.2) is 0 Å². The summed E-state index contributed by atoms with van der Waals surface area (Å²) >= 11 is 6.84. The van der Waals surface area contributed by atoms with Crippen molar-refractivity contribution in [2.45, 2.75) is 20.0 Å². The first-order valence-corrected chi connectivity index (χ1v) is 11.4. The minimum Gasteiger partial charge on any atom is -0.433 e. The number of likely N-dealkylation sites (N-methyl/N-ethyl adjacent to an activating group) is 1. The summed E-state index contributed by atoms with van der Waals surface area (Å²) < 4.78 is 11.2. The SMILES string of the molecule is CC=NSC(=N)Oc1ccc(Nc2nc(=O)n(CC(=O)NC)c(=O)n2Cc2ccc(Cl)cc2)cc1. The van der Waals surface area contributed by atoms with E-state index in [1.165, 1.54) is 11.6 Å². The molecule has 0 saturated carbocycles. The van der Waals surface area contributed by atoms with Gasteiger partial charge in [0.25, 0.3) is 5.23 Å². The van der Waals surface area contributed by atoms with Gasteiger partial charge in [-0.25, -0.2) is 18.6 Å². The molecule has 0 unspecified atom stereocenters. The number of carbonyl (C=O) groups excluding carboxylic acids is 1. The average Bonchev–Trinajstić information content (AvgIpc) is 2.85. The van der Waals surface area contributed by atoms with E-state index in [0.29, 0.717) is 16.5 Å². The molecule has 11 nitrogen and oxygen atoms in total. The molecule has 0 saturated heterocycles. The van der Waals surface area contributed by atoms with Gasteiger partial charge < -0.3 is 15.4 Å². The number of ether oxygens (including phenoxy) is 1. The second-order valence-electron chi connectivity index (χ2n) is 6.97. The second kappa shape index (κ2) is 12.0. The van der Waals surface area contributed by atoms with E-state index in [9.17, 15) is 14.4 Å². The Morgan fingerprint density at radius 3 is 2.49 bits per heavy atom. The van der Waals surface area contributed by atoms with Crippen LogP contribution in [0, 0.1) is 5.41 Å². The van der Waals surface area contributed by atoms with Gasteiger partial charge in [0.1, 0.15) is 12.3 Å². The fourth-order valence-corrected chi connectivity index (χ4v) is 3.32. The summed E-state index contributed by atoms with van der Waals surface area (Å²) in [5, 5.41) is 13.5. The predicted octanol–water partition coefficient (Wildman–Crippen LogP) is 2.65. The third kappa shape index (κ3) is 7.04. The molecule has 0 spiro atoms. The van der Waals surface area contributed by atoms with E-state index >= 15 is 0 Å². The first-order valence-electron chi connectivity index (χ1n) is 10.3. The number of amides is 1. The zero-order valence-electron chi connectivity index (χ0n) is 18.8. The lowest BCUT2D eigenvalue weighted by Crippen LogP contribution is -2.45. The van der Waals surface area contributed by atoms with Gasteiger partial charge in [-0.3, -0.25) is 14.8 Å².